The number of hydrogen-bond donors (Lipinski definition) is 3. The summed E-state index contributed by atoms with van der Waals surface area (Å²) in [5.41, 5.74) is -0.745. The molecular weight excluding hydrogens is 482 g/mol. The highest BCUT2D eigenvalue weighted by atomic mass is 32.2. The molecule has 0 amide bonds. The maximum absolute atomic E-state index is 11.6. The second-order valence-electron chi connectivity index (χ2n) is 10.3. The van der Waals surface area contributed by atoms with E-state index in [-0.39, 0.29) is 25.7 Å². The molecule has 198 valence electrons. The first kappa shape index (κ1) is 32.3. The summed E-state index contributed by atoms with van der Waals surface area (Å²) in [6, 6.07) is 0. The van der Waals surface area contributed by atoms with Crippen molar-refractivity contribution in [2.45, 2.75) is 116 Å². The van der Waals surface area contributed by atoms with Gasteiger partial charge in [0, 0.05) is 28.2 Å². The first-order chi connectivity index (χ1) is 15.6. The number of carbonyl (C=O) groups is 2. The lowest BCUT2D eigenvalue weighted by Gasteiger charge is -2.42. The molecule has 0 bridgehead atoms. The zero-order valence-electron chi connectivity index (χ0n) is 20.8. The van der Waals surface area contributed by atoms with Crippen LogP contribution in [0.5, 0.6) is 0 Å². The van der Waals surface area contributed by atoms with Crippen LogP contribution in [-0.4, -0.2) is 60.8 Å². The van der Waals surface area contributed by atoms with E-state index in [1.165, 1.54) is 19.3 Å². The van der Waals surface area contributed by atoms with Crippen LogP contribution in [0.15, 0.2) is 0 Å². The number of nitrogens with one attached hydrogen (secondary N) is 1. The Morgan fingerprint density at radius 2 is 1.26 bits per heavy atom. The summed E-state index contributed by atoms with van der Waals surface area (Å²) in [4.78, 5) is 22.0. The molecule has 1 saturated heterocycles. The summed E-state index contributed by atoms with van der Waals surface area (Å²) >= 11 is 0. The third-order valence-corrected chi connectivity index (χ3v) is 6.88. The SMILES string of the molecule is CC1(C)CCCC(C)(C)N1.O=C(O)CCCCCCCC(CC=S(=O)=O)(CC=S(=O)=O)C(=O)O. The van der Waals surface area contributed by atoms with E-state index < -0.39 is 37.9 Å². The Morgan fingerprint density at radius 3 is 1.62 bits per heavy atom. The molecule has 0 aromatic carbocycles. The fourth-order valence-corrected chi connectivity index (χ4v) is 5.22. The standard InChI is InChI=1S/C14H22O8S2.C9H19N/c15-12(16)6-4-2-1-3-5-7-14(13(17)18,8-10-23(19)20)9-11-24(21)22;1-8(2)6-5-7-9(3,4)10-8/h10-11H,1-9H2,(H,15,16)(H,17,18);10H,5-7H2,1-4H3. The third kappa shape index (κ3) is 15.2. The lowest BCUT2D eigenvalue weighted by atomic mass is 9.77. The van der Waals surface area contributed by atoms with Crippen molar-refractivity contribution in [3.8, 4) is 0 Å². The van der Waals surface area contributed by atoms with Crippen molar-refractivity contribution >= 4 is 43.3 Å². The summed E-state index contributed by atoms with van der Waals surface area (Å²) in [5.74, 6) is -2.10. The molecule has 1 heterocycles. The van der Waals surface area contributed by atoms with E-state index in [1.54, 1.807) is 0 Å². The van der Waals surface area contributed by atoms with Gasteiger partial charge in [-0.05, 0) is 72.6 Å². The molecule has 11 heteroatoms. The Labute approximate surface area is 206 Å². The second kappa shape index (κ2) is 15.3. The van der Waals surface area contributed by atoms with Crippen LogP contribution in [0.4, 0.5) is 0 Å². The van der Waals surface area contributed by atoms with Crippen LogP contribution in [-0.2, 0) is 30.2 Å². The Bertz CT molecular complexity index is 866. The molecule has 0 atom stereocenters. The van der Waals surface area contributed by atoms with Crippen LogP contribution < -0.4 is 5.32 Å². The lowest BCUT2D eigenvalue weighted by molar-refractivity contribution is -0.148. The molecule has 0 unspecified atom stereocenters. The van der Waals surface area contributed by atoms with E-state index in [2.05, 4.69) is 33.0 Å². The van der Waals surface area contributed by atoms with Crippen molar-refractivity contribution in [2.24, 2.45) is 5.41 Å². The normalized spacial score (nSPS) is 16.5. The van der Waals surface area contributed by atoms with Crippen molar-refractivity contribution < 1.29 is 36.6 Å². The quantitative estimate of drug-likeness (QED) is 0.243. The van der Waals surface area contributed by atoms with Crippen molar-refractivity contribution in [3.63, 3.8) is 0 Å². The average Bonchev–Trinajstić information content (AvgIpc) is 2.66. The van der Waals surface area contributed by atoms with Crippen LogP contribution in [0, 0.1) is 5.41 Å². The highest BCUT2D eigenvalue weighted by molar-refractivity contribution is 7.71. The molecule has 3 N–H and O–H groups in total. The predicted molar refractivity (Wildman–Crippen MR) is 134 cm³/mol. The van der Waals surface area contributed by atoms with Crippen molar-refractivity contribution in [2.75, 3.05) is 0 Å². The smallest absolute Gasteiger partial charge is 0.310 e. The van der Waals surface area contributed by atoms with Crippen LogP contribution >= 0.6 is 0 Å². The first-order valence-corrected chi connectivity index (χ1v) is 14.0. The van der Waals surface area contributed by atoms with Gasteiger partial charge in [0.05, 0.1) is 5.41 Å². The number of hydrogen-bond acceptors (Lipinski definition) is 7. The highest BCUT2D eigenvalue weighted by Crippen LogP contribution is 2.32. The first-order valence-electron chi connectivity index (χ1n) is 11.7. The van der Waals surface area contributed by atoms with Gasteiger partial charge in [-0.2, -0.15) is 16.8 Å². The molecule has 1 rings (SSSR count). The van der Waals surface area contributed by atoms with Gasteiger partial charge in [-0.3, -0.25) is 9.59 Å². The minimum atomic E-state index is -2.52. The van der Waals surface area contributed by atoms with E-state index >= 15 is 0 Å². The Kier molecular flexibility index (Phi) is 14.5. The number of carboxylic acid groups (broad SMARTS) is 2. The lowest BCUT2D eigenvalue weighted by Crippen LogP contribution is -2.55. The summed E-state index contributed by atoms with van der Waals surface area (Å²) in [6.45, 7) is 9.14. The average molecular weight is 524 g/mol. The van der Waals surface area contributed by atoms with E-state index in [9.17, 15) is 31.5 Å². The summed E-state index contributed by atoms with van der Waals surface area (Å²) in [7, 11) is -5.04. The Morgan fingerprint density at radius 1 is 0.824 bits per heavy atom. The van der Waals surface area contributed by atoms with Gasteiger partial charge >= 0.3 is 11.9 Å². The van der Waals surface area contributed by atoms with Gasteiger partial charge in [0.1, 0.15) is 0 Å². The molecule has 0 aliphatic carbocycles. The third-order valence-electron chi connectivity index (χ3n) is 6.00. The summed E-state index contributed by atoms with van der Waals surface area (Å²) in [5, 5.41) is 23.3. The molecule has 0 aromatic heterocycles. The number of piperidine rings is 1. The largest absolute Gasteiger partial charge is 0.481 e. The monoisotopic (exact) mass is 523 g/mol. The number of rotatable bonds is 13. The number of carboxylic acids is 2. The Hall–Kier alpha value is -1.72. The predicted octanol–water partition coefficient (Wildman–Crippen LogP) is 3.33. The zero-order chi connectivity index (χ0) is 26.4. The molecule has 0 spiro atoms. The van der Waals surface area contributed by atoms with Gasteiger partial charge in [-0.1, -0.05) is 25.7 Å². The van der Waals surface area contributed by atoms with Crippen LogP contribution in [0.1, 0.15) is 105 Å². The fraction of sp³-hybridized carbons (Fsp3) is 0.826. The molecule has 1 aliphatic rings. The number of aliphatic carboxylic acids is 2. The van der Waals surface area contributed by atoms with E-state index in [4.69, 9.17) is 5.11 Å². The fourth-order valence-electron chi connectivity index (χ4n) is 4.31. The van der Waals surface area contributed by atoms with Crippen molar-refractivity contribution in [1.29, 1.82) is 0 Å². The molecule has 0 saturated carbocycles. The van der Waals surface area contributed by atoms with E-state index in [0.29, 0.717) is 36.8 Å². The van der Waals surface area contributed by atoms with Gasteiger partial charge in [-0.15, -0.1) is 0 Å². The minimum absolute atomic E-state index is 0.0909. The molecule has 0 radical (unpaired) electrons. The zero-order valence-corrected chi connectivity index (χ0v) is 22.4. The van der Waals surface area contributed by atoms with E-state index in [1.807, 2.05) is 0 Å². The van der Waals surface area contributed by atoms with Gasteiger partial charge in [0.25, 0.3) is 0 Å². The molecule has 9 nitrogen and oxygen atoms in total. The van der Waals surface area contributed by atoms with Gasteiger partial charge < -0.3 is 15.5 Å². The summed E-state index contributed by atoms with van der Waals surface area (Å²) < 4.78 is 42.7. The number of unbranched alkanes of at least 4 members (excludes halogenated alkanes) is 4. The highest BCUT2D eigenvalue weighted by Gasteiger charge is 2.36. The Balaban J connectivity index is 0.000000896. The van der Waals surface area contributed by atoms with E-state index in [0.717, 1.165) is 17.2 Å². The molecule has 1 fully saturated rings. The summed E-state index contributed by atoms with van der Waals surface area (Å²) in [6.07, 6.45) is 6.82. The van der Waals surface area contributed by atoms with Gasteiger partial charge in [-0.25, -0.2) is 0 Å². The molecule has 34 heavy (non-hydrogen) atoms. The van der Waals surface area contributed by atoms with Crippen LogP contribution in [0.2, 0.25) is 0 Å². The van der Waals surface area contributed by atoms with Crippen LogP contribution in [0.3, 0.4) is 0 Å². The maximum atomic E-state index is 11.6. The van der Waals surface area contributed by atoms with Gasteiger partial charge in [0.15, 0.2) is 0 Å². The second-order valence-corrected chi connectivity index (χ2v) is 12.0. The molecular formula is C23H41NO8S2. The maximum Gasteiger partial charge on any atom is 0.310 e. The van der Waals surface area contributed by atoms with Crippen molar-refractivity contribution in [3.05, 3.63) is 0 Å². The topological polar surface area (TPSA) is 155 Å². The molecule has 0 aromatic rings. The van der Waals surface area contributed by atoms with Crippen LogP contribution in [0.25, 0.3) is 0 Å². The minimum Gasteiger partial charge on any atom is -0.481 e. The molecule has 1 aliphatic heterocycles. The van der Waals surface area contributed by atoms with Gasteiger partial charge in [0.2, 0.25) is 20.6 Å². The van der Waals surface area contributed by atoms with Crippen molar-refractivity contribution in [1.82, 2.24) is 5.32 Å².